The summed E-state index contributed by atoms with van der Waals surface area (Å²) in [5.74, 6) is -1.30. The number of rotatable bonds is 14. The summed E-state index contributed by atoms with van der Waals surface area (Å²) in [7, 11) is 0. The van der Waals surface area contributed by atoms with Gasteiger partial charge >= 0.3 is 0 Å². The summed E-state index contributed by atoms with van der Waals surface area (Å²) < 4.78 is 41.1. The van der Waals surface area contributed by atoms with Gasteiger partial charge in [0.1, 0.15) is 36.3 Å². The number of ether oxygens (including phenoxy) is 2. The first-order chi connectivity index (χ1) is 26.1. The van der Waals surface area contributed by atoms with E-state index >= 15 is 0 Å². The molecule has 0 unspecified atom stereocenters. The van der Waals surface area contributed by atoms with Gasteiger partial charge in [-0.15, -0.1) is 0 Å². The number of aromatic nitrogens is 2. The van der Waals surface area contributed by atoms with Crippen molar-refractivity contribution in [3.05, 3.63) is 199 Å². The zero-order valence-electron chi connectivity index (χ0n) is 28.9. The van der Waals surface area contributed by atoms with E-state index < -0.39 is 36.4 Å². The Balaban J connectivity index is 0.000000208. The van der Waals surface area contributed by atoms with E-state index in [1.165, 1.54) is 57.9 Å². The Kier molecular flexibility index (Phi) is 13.5. The molecule has 0 spiro atoms. The van der Waals surface area contributed by atoms with Crippen LogP contribution in [0.2, 0.25) is 0 Å². The van der Waals surface area contributed by atoms with Gasteiger partial charge in [-0.25, -0.2) is 8.78 Å². The van der Waals surface area contributed by atoms with Crippen LogP contribution in [0.4, 0.5) is 8.78 Å². The molecule has 2 aromatic heterocycles. The van der Waals surface area contributed by atoms with E-state index in [2.05, 4.69) is 0 Å². The van der Waals surface area contributed by atoms with Gasteiger partial charge in [-0.1, -0.05) is 84.9 Å². The highest BCUT2D eigenvalue weighted by molar-refractivity contribution is 5.96. The number of carbonyl (C=O) groups excluding carboxylic acids is 2. The molecular weight excluding hydrogens is 698 g/mol. The highest BCUT2D eigenvalue weighted by Gasteiger charge is 2.13. The third-order valence-electron chi connectivity index (χ3n) is 8.15. The second-order valence-electron chi connectivity index (χ2n) is 12.0. The third-order valence-corrected chi connectivity index (χ3v) is 8.15. The lowest BCUT2D eigenvalue weighted by Gasteiger charge is -2.09. The van der Waals surface area contributed by atoms with Crippen molar-refractivity contribution >= 4 is 11.6 Å². The topological polar surface area (TPSA) is 137 Å². The van der Waals surface area contributed by atoms with Crippen LogP contribution in [0.25, 0.3) is 0 Å². The van der Waals surface area contributed by atoms with Crippen LogP contribution in [-0.4, -0.2) is 30.9 Å². The number of nitrogens with zero attached hydrogens (tertiary/aromatic N) is 2. The van der Waals surface area contributed by atoms with Crippen LogP contribution in [0.15, 0.2) is 143 Å². The molecule has 12 heteroatoms. The lowest BCUT2D eigenvalue weighted by atomic mass is 10.1. The maximum Gasteiger partial charge on any atom is 0.254 e. The third kappa shape index (κ3) is 10.8. The minimum Gasteiger partial charge on any atom is -0.489 e. The van der Waals surface area contributed by atoms with E-state index in [4.69, 9.17) is 19.7 Å². The van der Waals surface area contributed by atoms with Gasteiger partial charge in [-0.05, 0) is 35.4 Å². The number of pyridine rings is 2. The molecule has 0 radical (unpaired) electrons. The first-order valence-corrected chi connectivity index (χ1v) is 16.7. The van der Waals surface area contributed by atoms with E-state index in [1.807, 2.05) is 60.7 Å². The molecule has 0 saturated carbocycles. The predicted molar refractivity (Wildman–Crippen MR) is 196 cm³/mol. The molecule has 0 aliphatic carbocycles. The minimum atomic E-state index is -0.652. The van der Waals surface area contributed by atoms with Crippen molar-refractivity contribution in [2.24, 2.45) is 0 Å². The molecule has 0 aliphatic heterocycles. The number of hydrogen-bond donors (Lipinski definition) is 2. The molecule has 4 aromatic carbocycles. The smallest absolute Gasteiger partial charge is 0.254 e. The Morgan fingerprint density at radius 3 is 1.26 bits per heavy atom. The Morgan fingerprint density at radius 1 is 0.537 bits per heavy atom. The molecule has 0 atom stereocenters. The lowest BCUT2D eigenvalue weighted by Crippen LogP contribution is -2.23. The Labute approximate surface area is 308 Å². The van der Waals surface area contributed by atoms with E-state index in [-0.39, 0.29) is 46.5 Å². The zero-order chi connectivity index (χ0) is 38.5. The second-order valence-corrected chi connectivity index (χ2v) is 12.0. The molecule has 0 amide bonds. The monoisotopic (exact) mass is 734 g/mol. The van der Waals surface area contributed by atoms with Crippen LogP contribution < -0.4 is 20.6 Å². The number of hydrogen-bond acceptors (Lipinski definition) is 8. The SMILES string of the molecule is O=C(Cn1ccc(OCc2ccccc2)cc1=O)c1ccc(CO)c(F)c1.O=C(Cn1ccc(OCc2ccccc2)cc1=O)c1ccc(CO)c(F)c1. The summed E-state index contributed by atoms with van der Waals surface area (Å²) in [5.41, 5.74) is 1.69. The molecule has 10 nitrogen and oxygen atoms in total. The van der Waals surface area contributed by atoms with Crippen molar-refractivity contribution in [3.8, 4) is 11.5 Å². The Hall–Kier alpha value is -6.50. The standard InChI is InChI=1S/2C21H18FNO4/c2*22-19-10-16(6-7-17(19)13-24)20(25)12-23-9-8-18(11-21(23)26)27-14-15-4-2-1-3-5-15/h2*1-11,24H,12-14H2. The number of aliphatic hydroxyl groups excluding tert-OH is 2. The average Bonchev–Trinajstić information content (AvgIpc) is 3.19. The highest BCUT2D eigenvalue weighted by Crippen LogP contribution is 2.15. The molecular formula is C42H36F2N2O8. The van der Waals surface area contributed by atoms with Gasteiger partial charge in [0.15, 0.2) is 11.6 Å². The predicted octanol–water partition coefficient (Wildman–Crippen LogP) is 5.88. The number of carbonyl (C=O) groups is 2. The van der Waals surface area contributed by atoms with Gasteiger partial charge in [-0.3, -0.25) is 19.2 Å². The maximum atomic E-state index is 13.7. The molecule has 0 saturated heterocycles. The lowest BCUT2D eigenvalue weighted by molar-refractivity contribution is 0.0962. The first kappa shape index (κ1) is 38.7. The fraction of sp³-hybridized carbons (Fsp3) is 0.143. The summed E-state index contributed by atoms with van der Waals surface area (Å²) >= 11 is 0. The Morgan fingerprint density at radius 2 is 0.926 bits per heavy atom. The molecule has 276 valence electrons. The molecule has 0 aliphatic rings. The average molecular weight is 735 g/mol. The van der Waals surface area contributed by atoms with Crippen molar-refractivity contribution in [2.45, 2.75) is 39.5 Å². The van der Waals surface area contributed by atoms with Gasteiger partial charge in [0, 0.05) is 46.8 Å². The van der Waals surface area contributed by atoms with Crippen molar-refractivity contribution in [1.29, 1.82) is 0 Å². The normalized spacial score (nSPS) is 10.6. The molecule has 0 fully saturated rings. The van der Waals surface area contributed by atoms with Crippen LogP contribution >= 0.6 is 0 Å². The summed E-state index contributed by atoms with van der Waals surface area (Å²) in [6.07, 6.45) is 2.94. The fourth-order valence-corrected chi connectivity index (χ4v) is 5.09. The quantitative estimate of drug-likeness (QED) is 0.133. The molecule has 0 bridgehead atoms. The van der Waals surface area contributed by atoms with Gasteiger partial charge in [0.2, 0.25) is 0 Å². The second kappa shape index (κ2) is 18.8. The molecule has 54 heavy (non-hydrogen) atoms. The number of Topliss-reactive ketones (excluding diaryl/α,β-unsaturated/α-hetero) is 2. The van der Waals surface area contributed by atoms with Crippen molar-refractivity contribution < 1.29 is 38.1 Å². The number of halogens is 2. The van der Waals surface area contributed by atoms with Gasteiger partial charge in [0.05, 0.1) is 26.3 Å². The van der Waals surface area contributed by atoms with Crippen LogP contribution in [0.3, 0.4) is 0 Å². The van der Waals surface area contributed by atoms with E-state index in [0.717, 1.165) is 23.3 Å². The van der Waals surface area contributed by atoms with Crippen molar-refractivity contribution in [3.63, 3.8) is 0 Å². The van der Waals surface area contributed by atoms with Crippen LogP contribution in [-0.2, 0) is 39.5 Å². The van der Waals surface area contributed by atoms with E-state index in [9.17, 15) is 28.0 Å². The number of benzene rings is 4. The summed E-state index contributed by atoms with van der Waals surface area (Å²) in [4.78, 5) is 49.0. The van der Waals surface area contributed by atoms with Crippen LogP contribution in [0.1, 0.15) is 43.0 Å². The zero-order valence-corrected chi connectivity index (χ0v) is 28.9. The van der Waals surface area contributed by atoms with E-state index in [1.54, 1.807) is 12.1 Å². The Bertz CT molecular complexity index is 2160. The molecule has 6 aromatic rings. The summed E-state index contributed by atoms with van der Waals surface area (Å²) in [6.45, 7) is -0.640. The molecule has 6 rings (SSSR count). The van der Waals surface area contributed by atoms with Gasteiger partial charge in [0.25, 0.3) is 11.1 Å². The van der Waals surface area contributed by atoms with Gasteiger partial charge in [-0.2, -0.15) is 0 Å². The minimum absolute atomic E-state index is 0.114. The molecule has 2 N–H and O–H groups in total. The highest BCUT2D eigenvalue weighted by atomic mass is 19.1. The number of ketones is 2. The molecule has 2 heterocycles. The maximum absolute atomic E-state index is 13.7. The van der Waals surface area contributed by atoms with Crippen molar-refractivity contribution in [2.75, 3.05) is 0 Å². The number of aliphatic hydroxyl groups is 2. The van der Waals surface area contributed by atoms with Crippen LogP contribution in [0.5, 0.6) is 11.5 Å². The van der Waals surface area contributed by atoms with Gasteiger partial charge < -0.3 is 28.8 Å². The van der Waals surface area contributed by atoms with Crippen molar-refractivity contribution in [1.82, 2.24) is 9.13 Å². The van der Waals surface area contributed by atoms with Crippen LogP contribution in [0, 0.1) is 11.6 Å². The van der Waals surface area contributed by atoms with E-state index in [0.29, 0.717) is 24.7 Å². The fourth-order valence-electron chi connectivity index (χ4n) is 5.09. The largest absolute Gasteiger partial charge is 0.489 e. The summed E-state index contributed by atoms with van der Waals surface area (Å²) in [5, 5.41) is 18.0. The summed E-state index contributed by atoms with van der Waals surface area (Å²) in [6, 6.07) is 32.6. The first-order valence-electron chi connectivity index (χ1n) is 16.7.